The van der Waals surface area contributed by atoms with E-state index in [9.17, 15) is 0 Å². The third-order valence-corrected chi connectivity index (χ3v) is 4.39. The second kappa shape index (κ2) is 8.78. The zero-order valence-electron chi connectivity index (χ0n) is 13.4. The number of benzene rings is 1. The van der Waals surface area contributed by atoms with Crippen LogP contribution in [0.4, 0.5) is 0 Å². The van der Waals surface area contributed by atoms with Gasteiger partial charge < -0.3 is 20.1 Å². The van der Waals surface area contributed by atoms with Crippen molar-refractivity contribution in [3.8, 4) is 11.5 Å². The SMILES string of the molecule is CCCOc1ccc(CN=C(N)N2CCSCC2)cc1OC. The molecule has 0 spiro atoms. The Labute approximate surface area is 136 Å². The molecule has 5 nitrogen and oxygen atoms in total. The Kier molecular flexibility index (Phi) is 6.71. The van der Waals surface area contributed by atoms with E-state index in [4.69, 9.17) is 15.2 Å². The number of aliphatic imine (C=N–C) groups is 1. The Balaban J connectivity index is 1.99. The number of guanidine groups is 1. The molecule has 22 heavy (non-hydrogen) atoms. The van der Waals surface area contributed by atoms with Crippen molar-refractivity contribution in [3.05, 3.63) is 23.8 Å². The molecule has 0 atom stereocenters. The topological polar surface area (TPSA) is 60.1 Å². The van der Waals surface area contributed by atoms with E-state index in [-0.39, 0.29) is 0 Å². The molecule has 1 fully saturated rings. The van der Waals surface area contributed by atoms with Gasteiger partial charge in [0.05, 0.1) is 20.3 Å². The summed E-state index contributed by atoms with van der Waals surface area (Å²) in [4.78, 5) is 6.65. The molecule has 1 aliphatic heterocycles. The van der Waals surface area contributed by atoms with Crippen LogP contribution in [0, 0.1) is 0 Å². The Bertz CT molecular complexity index is 502. The zero-order chi connectivity index (χ0) is 15.8. The van der Waals surface area contributed by atoms with Gasteiger partial charge in [0.15, 0.2) is 17.5 Å². The summed E-state index contributed by atoms with van der Waals surface area (Å²) in [5.74, 6) is 4.39. The first kappa shape index (κ1) is 16.8. The van der Waals surface area contributed by atoms with E-state index in [1.54, 1.807) is 7.11 Å². The first-order valence-electron chi connectivity index (χ1n) is 7.67. The molecular formula is C16H25N3O2S. The second-order valence-electron chi connectivity index (χ2n) is 5.11. The van der Waals surface area contributed by atoms with E-state index >= 15 is 0 Å². The van der Waals surface area contributed by atoms with Crippen LogP contribution in [0.1, 0.15) is 18.9 Å². The van der Waals surface area contributed by atoms with E-state index < -0.39 is 0 Å². The van der Waals surface area contributed by atoms with Gasteiger partial charge in [0.2, 0.25) is 0 Å². The van der Waals surface area contributed by atoms with Crippen LogP contribution in [0.25, 0.3) is 0 Å². The fourth-order valence-corrected chi connectivity index (χ4v) is 3.11. The van der Waals surface area contributed by atoms with Gasteiger partial charge in [0.1, 0.15) is 0 Å². The molecule has 0 aliphatic carbocycles. The van der Waals surface area contributed by atoms with Crippen molar-refractivity contribution >= 4 is 17.7 Å². The quantitative estimate of drug-likeness (QED) is 0.643. The lowest BCUT2D eigenvalue weighted by molar-refractivity contribution is 0.294. The normalized spacial score (nSPS) is 15.7. The van der Waals surface area contributed by atoms with Crippen LogP contribution in [0.15, 0.2) is 23.2 Å². The molecule has 0 amide bonds. The van der Waals surface area contributed by atoms with Crippen LogP contribution < -0.4 is 15.2 Å². The molecule has 0 radical (unpaired) electrons. The molecule has 6 heteroatoms. The highest BCUT2D eigenvalue weighted by Crippen LogP contribution is 2.28. The number of hydrogen-bond acceptors (Lipinski definition) is 4. The number of nitrogens with zero attached hydrogens (tertiary/aromatic N) is 2. The predicted molar refractivity (Wildman–Crippen MR) is 93.0 cm³/mol. The van der Waals surface area contributed by atoms with Gasteiger partial charge in [-0.15, -0.1) is 0 Å². The highest BCUT2D eigenvalue weighted by molar-refractivity contribution is 7.99. The van der Waals surface area contributed by atoms with Gasteiger partial charge >= 0.3 is 0 Å². The van der Waals surface area contributed by atoms with E-state index in [1.807, 2.05) is 30.0 Å². The van der Waals surface area contributed by atoms with Crippen LogP contribution in [0.2, 0.25) is 0 Å². The predicted octanol–water partition coefficient (Wildman–Crippen LogP) is 2.35. The van der Waals surface area contributed by atoms with Crippen molar-refractivity contribution in [2.24, 2.45) is 10.7 Å². The lowest BCUT2D eigenvalue weighted by Crippen LogP contribution is -2.42. The Morgan fingerprint density at radius 3 is 2.77 bits per heavy atom. The summed E-state index contributed by atoms with van der Waals surface area (Å²) >= 11 is 1.96. The number of nitrogens with two attached hydrogens (primary N) is 1. The molecule has 0 bridgehead atoms. The number of thioether (sulfide) groups is 1. The molecule has 1 heterocycles. The fourth-order valence-electron chi connectivity index (χ4n) is 2.21. The highest BCUT2D eigenvalue weighted by Gasteiger charge is 2.12. The summed E-state index contributed by atoms with van der Waals surface area (Å²) in [5.41, 5.74) is 7.14. The van der Waals surface area contributed by atoms with Crippen molar-refractivity contribution in [2.45, 2.75) is 19.9 Å². The molecule has 1 saturated heterocycles. The number of methoxy groups -OCH3 is 1. The molecule has 2 rings (SSSR count). The zero-order valence-corrected chi connectivity index (χ0v) is 14.2. The molecule has 0 aromatic heterocycles. The highest BCUT2D eigenvalue weighted by atomic mass is 32.2. The minimum absolute atomic E-state index is 0.555. The van der Waals surface area contributed by atoms with Crippen LogP contribution in [-0.4, -0.2) is 49.2 Å². The van der Waals surface area contributed by atoms with Gasteiger partial charge in [-0.3, -0.25) is 0 Å². The van der Waals surface area contributed by atoms with Gasteiger partial charge in [0.25, 0.3) is 0 Å². The summed E-state index contributed by atoms with van der Waals surface area (Å²) in [6.45, 7) is 5.28. The molecule has 1 aromatic rings. The minimum atomic E-state index is 0.555. The lowest BCUT2D eigenvalue weighted by atomic mass is 10.2. The summed E-state index contributed by atoms with van der Waals surface area (Å²) in [5, 5.41) is 0. The van der Waals surface area contributed by atoms with Gasteiger partial charge in [0, 0.05) is 24.6 Å². The summed E-state index contributed by atoms with van der Waals surface area (Å²) in [7, 11) is 1.65. The van der Waals surface area contributed by atoms with E-state index in [0.717, 1.165) is 48.1 Å². The van der Waals surface area contributed by atoms with Crippen molar-refractivity contribution in [2.75, 3.05) is 38.3 Å². The first-order chi connectivity index (χ1) is 10.7. The smallest absolute Gasteiger partial charge is 0.191 e. The Hall–Kier alpha value is -1.56. The fraction of sp³-hybridized carbons (Fsp3) is 0.562. The molecule has 122 valence electrons. The van der Waals surface area contributed by atoms with Crippen LogP contribution in [-0.2, 0) is 6.54 Å². The average molecular weight is 323 g/mol. The van der Waals surface area contributed by atoms with Crippen molar-refractivity contribution < 1.29 is 9.47 Å². The maximum absolute atomic E-state index is 6.07. The van der Waals surface area contributed by atoms with E-state index in [1.165, 1.54) is 0 Å². The van der Waals surface area contributed by atoms with Crippen LogP contribution in [0.3, 0.4) is 0 Å². The average Bonchev–Trinajstić information content (AvgIpc) is 2.58. The monoisotopic (exact) mass is 323 g/mol. The Morgan fingerprint density at radius 1 is 1.32 bits per heavy atom. The van der Waals surface area contributed by atoms with Crippen LogP contribution >= 0.6 is 11.8 Å². The molecule has 1 aliphatic rings. The standard InChI is InChI=1S/C16H25N3O2S/c1-3-8-21-14-5-4-13(11-15(14)20-2)12-18-16(17)19-6-9-22-10-7-19/h4-5,11H,3,6-10,12H2,1-2H3,(H2,17,18). The third-order valence-electron chi connectivity index (χ3n) is 3.45. The van der Waals surface area contributed by atoms with Crippen molar-refractivity contribution in [1.82, 2.24) is 4.90 Å². The second-order valence-corrected chi connectivity index (χ2v) is 6.33. The Morgan fingerprint density at radius 2 is 2.09 bits per heavy atom. The maximum atomic E-state index is 6.07. The minimum Gasteiger partial charge on any atom is -0.493 e. The summed E-state index contributed by atoms with van der Waals surface area (Å²) in [6, 6.07) is 5.91. The number of hydrogen-bond donors (Lipinski definition) is 1. The van der Waals surface area contributed by atoms with Crippen molar-refractivity contribution in [1.29, 1.82) is 0 Å². The molecule has 0 saturated carbocycles. The summed E-state index contributed by atoms with van der Waals surface area (Å²) in [6.07, 6.45) is 0.972. The van der Waals surface area contributed by atoms with Gasteiger partial charge in [-0.2, -0.15) is 11.8 Å². The van der Waals surface area contributed by atoms with Gasteiger partial charge in [-0.25, -0.2) is 4.99 Å². The van der Waals surface area contributed by atoms with E-state index in [2.05, 4.69) is 16.8 Å². The van der Waals surface area contributed by atoms with Crippen LogP contribution in [0.5, 0.6) is 11.5 Å². The number of rotatable bonds is 6. The van der Waals surface area contributed by atoms with Gasteiger partial charge in [-0.1, -0.05) is 13.0 Å². The lowest BCUT2D eigenvalue weighted by Gasteiger charge is -2.27. The molecule has 1 aromatic carbocycles. The first-order valence-corrected chi connectivity index (χ1v) is 8.82. The summed E-state index contributed by atoms with van der Waals surface area (Å²) < 4.78 is 11.0. The molecule has 0 unspecified atom stereocenters. The molecular weight excluding hydrogens is 298 g/mol. The van der Waals surface area contributed by atoms with E-state index in [0.29, 0.717) is 19.1 Å². The number of ether oxygens (including phenoxy) is 2. The maximum Gasteiger partial charge on any atom is 0.191 e. The van der Waals surface area contributed by atoms with Gasteiger partial charge in [-0.05, 0) is 24.1 Å². The third kappa shape index (κ3) is 4.73. The van der Waals surface area contributed by atoms with Crippen molar-refractivity contribution in [3.63, 3.8) is 0 Å². The molecule has 2 N–H and O–H groups in total. The largest absolute Gasteiger partial charge is 0.493 e.